The number of carbonyl (C=O) groups excluding carboxylic acids is 1. The van der Waals surface area contributed by atoms with Gasteiger partial charge in [0.2, 0.25) is 5.91 Å². The van der Waals surface area contributed by atoms with Crippen molar-refractivity contribution >= 4 is 17.7 Å². The fraction of sp³-hybridized carbons (Fsp3) is 0.350. The second kappa shape index (κ2) is 8.43. The van der Waals surface area contributed by atoms with Crippen LogP contribution in [-0.2, 0) is 11.3 Å². The first-order chi connectivity index (χ1) is 13.1. The summed E-state index contributed by atoms with van der Waals surface area (Å²) >= 11 is 1.57. The van der Waals surface area contributed by atoms with Crippen LogP contribution < -0.4 is 18.9 Å². The van der Waals surface area contributed by atoms with Gasteiger partial charge in [-0.3, -0.25) is 4.79 Å². The topological polar surface area (TPSA) is 57.2 Å². The number of thioether (sulfide) groups is 1. The third kappa shape index (κ3) is 3.64. The lowest BCUT2D eigenvalue weighted by Gasteiger charge is -2.27. The van der Waals surface area contributed by atoms with Crippen molar-refractivity contribution in [3.05, 3.63) is 47.5 Å². The van der Waals surface area contributed by atoms with Crippen LogP contribution in [0.25, 0.3) is 0 Å². The van der Waals surface area contributed by atoms with E-state index in [1.807, 2.05) is 41.3 Å². The van der Waals surface area contributed by atoms with Gasteiger partial charge in [0.05, 0.1) is 40.7 Å². The Morgan fingerprint density at radius 3 is 2.19 bits per heavy atom. The Morgan fingerprint density at radius 2 is 1.56 bits per heavy atom. The maximum absolute atomic E-state index is 12.6. The van der Waals surface area contributed by atoms with Crippen molar-refractivity contribution in [3.63, 3.8) is 0 Å². The maximum atomic E-state index is 12.6. The van der Waals surface area contributed by atoms with Crippen LogP contribution in [0.3, 0.4) is 0 Å². The largest absolute Gasteiger partial charge is 0.493 e. The number of para-hydroxylation sites is 2. The highest BCUT2D eigenvalue weighted by Crippen LogP contribution is 2.46. The summed E-state index contributed by atoms with van der Waals surface area (Å²) in [5, 5.41) is -0.168. The van der Waals surface area contributed by atoms with Crippen LogP contribution in [0.1, 0.15) is 16.5 Å². The summed E-state index contributed by atoms with van der Waals surface area (Å²) in [4.78, 5) is 14.5. The van der Waals surface area contributed by atoms with E-state index in [1.165, 1.54) is 0 Å². The van der Waals surface area contributed by atoms with E-state index in [0.717, 1.165) is 11.1 Å². The first kappa shape index (κ1) is 19.2. The fourth-order valence-electron chi connectivity index (χ4n) is 3.25. The minimum Gasteiger partial charge on any atom is -0.493 e. The molecule has 1 aliphatic rings. The molecule has 144 valence electrons. The van der Waals surface area contributed by atoms with Crippen LogP contribution in [0.4, 0.5) is 0 Å². The Balaban J connectivity index is 1.98. The Labute approximate surface area is 163 Å². The van der Waals surface area contributed by atoms with E-state index in [4.69, 9.17) is 18.9 Å². The van der Waals surface area contributed by atoms with Crippen molar-refractivity contribution in [2.24, 2.45) is 0 Å². The van der Waals surface area contributed by atoms with Gasteiger partial charge in [0, 0.05) is 11.1 Å². The molecule has 1 fully saturated rings. The van der Waals surface area contributed by atoms with Crippen LogP contribution in [0.5, 0.6) is 23.0 Å². The third-order valence-corrected chi connectivity index (χ3v) is 5.73. The lowest BCUT2D eigenvalue weighted by atomic mass is 10.1. The number of hydrogen-bond donors (Lipinski definition) is 0. The number of benzene rings is 2. The van der Waals surface area contributed by atoms with Crippen molar-refractivity contribution in [1.29, 1.82) is 0 Å². The number of hydrogen-bond acceptors (Lipinski definition) is 6. The average molecular weight is 389 g/mol. The third-order valence-electron chi connectivity index (χ3n) is 4.49. The molecule has 0 spiro atoms. The Morgan fingerprint density at radius 1 is 0.926 bits per heavy atom. The second-order valence-electron chi connectivity index (χ2n) is 5.92. The molecule has 2 aromatic rings. The lowest BCUT2D eigenvalue weighted by Crippen LogP contribution is -2.28. The first-order valence-corrected chi connectivity index (χ1v) is 9.51. The second-order valence-corrected chi connectivity index (χ2v) is 6.99. The van der Waals surface area contributed by atoms with Crippen molar-refractivity contribution < 1.29 is 23.7 Å². The van der Waals surface area contributed by atoms with Crippen LogP contribution in [-0.4, -0.2) is 45.0 Å². The van der Waals surface area contributed by atoms with Gasteiger partial charge in [0.25, 0.3) is 0 Å². The van der Waals surface area contributed by atoms with Gasteiger partial charge in [0.1, 0.15) is 5.37 Å². The van der Waals surface area contributed by atoms with Crippen molar-refractivity contribution in [2.45, 2.75) is 11.9 Å². The van der Waals surface area contributed by atoms with Crippen LogP contribution >= 0.6 is 11.8 Å². The Kier molecular flexibility index (Phi) is 6.01. The zero-order chi connectivity index (χ0) is 19.4. The molecule has 1 atom stereocenters. The summed E-state index contributed by atoms with van der Waals surface area (Å²) in [7, 11) is 6.42. The summed E-state index contributed by atoms with van der Waals surface area (Å²) in [6, 6.07) is 11.4. The molecule has 1 amide bonds. The predicted octanol–water partition coefficient (Wildman–Crippen LogP) is 3.50. The van der Waals surface area contributed by atoms with Gasteiger partial charge in [-0.05, 0) is 12.1 Å². The number of carbonyl (C=O) groups is 1. The Hall–Kier alpha value is -2.54. The van der Waals surface area contributed by atoms with E-state index in [-0.39, 0.29) is 11.3 Å². The summed E-state index contributed by atoms with van der Waals surface area (Å²) < 4.78 is 21.9. The highest BCUT2D eigenvalue weighted by Gasteiger charge is 2.36. The maximum Gasteiger partial charge on any atom is 0.234 e. The van der Waals surface area contributed by atoms with Gasteiger partial charge in [-0.25, -0.2) is 0 Å². The molecule has 7 heteroatoms. The van der Waals surface area contributed by atoms with E-state index in [9.17, 15) is 4.79 Å². The number of ether oxygens (including phenoxy) is 4. The first-order valence-electron chi connectivity index (χ1n) is 8.46. The molecule has 2 aromatic carbocycles. The smallest absolute Gasteiger partial charge is 0.234 e. The minimum atomic E-state index is -0.168. The van der Waals surface area contributed by atoms with Crippen molar-refractivity contribution in [1.82, 2.24) is 4.90 Å². The number of rotatable bonds is 7. The number of methoxy groups -OCH3 is 4. The van der Waals surface area contributed by atoms with Gasteiger partial charge in [-0.2, -0.15) is 0 Å². The summed E-state index contributed by atoms with van der Waals surface area (Å²) in [5.74, 6) is 3.06. The molecule has 0 radical (unpaired) electrons. The van der Waals surface area contributed by atoms with Crippen LogP contribution in [0, 0.1) is 0 Å². The van der Waals surface area contributed by atoms with Crippen LogP contribution in [0.2, 0.25) is 0 Å². The molecule has 27 heavy (non-hydrogen) atoms. The molecule has 0 saturated carbocycles. The predicted molar refractivity (Wildman–Crippen MR) is 105 cm³/mol. The van der Waals surface area contributed by atoms with Gasteiger partial charge in [0.15, 0.2) is 23.0 Å². The monoisotopic (exact) mass is 389 g/mol. The zero-order valence-corrected chi connectivity index (χ0v) is 16.7. The highest BCUT2D eigenvalue weighted by atomic mass is 32.2. The molecule has 0 aliphatic carbocycles. The summed E-state index contributed by atoms with van der Waals surface area (Å²) in [5.41, 5.74) is 1.80. The molecule has 1 aliphatic heterocycles. The standard InChI is InChI=1S/C20H23NO5S/c1-23-15-9-5-7-13(18(15)25-3)11-21-17(22)12-27-20(21)14-8-6-10-16(24-2)19(14)26-4/h5-10,20H,11-12H2,1-4H3. The molecule has 1 heterocycles. The van der Waals surface area contributed by atoms with Gasteiger partial charge < -0.3 is 23.8 Å². The van der Waals surface area contributed by atoms with Gasteiger partial charge >= 0.3 is 0 Å². The molecule has 0 bridgehead atoms. The molecule has 1 unspecified atom stereocenters. The molecular formula is C20H23NO5S. The van der Waals surface area contributed by atoms with E-state index in [1.54, 1.807) is 40.2 Å². The molecule has 6 nitrogen and oxygen atoms in total. The van der Waals surface area contributed by atoms with Crippen molar-refractivity contribution in [2.75, 3.05) is 34.2 Å². The lowest BCUT2D eigenvalue weighted by molar-refractivity contribution is -0.128. The minimum absolute atomic E-state index is 0.0692. The molecule has 0 N–H and O–H groups in total. The van der Waals surface area contributed by atoms with E-state index >= 15 is 0 Å². The number of nitrogens with zero attached hydrogens (tertiary/aromatic N) is 1. The normalized spacial score (nSPS) is 16.4. The zero-order valence-electron chi connectivity index (χ0n) is 15.9. The quantitative estimate of drug-likeness (QED) is 0.723. The van der Waals surface area contributed by atoms with E-state index in [0.29, 0.717) is 35.3 Å². The summed E-state index contributed by atoms with van der Waals surface area (Å²) in [6.45, 7) is 0.414. The van der Waals surface area contributed by atoms with E-state index in [2.05, 4.69) is 0 Å². The molecule has 0 aromatic heterocycles. The molecule has 3 rings (SSSR count). The highest BCUT2D eigenvalue weighted by molar-refractivity contribution is 8.00. The summed E-state index contributed by atoms with van der Waals surface area (Å²) in [6.07, 6.45) is 0. The van der Waals surface area contributed by atoms with Gasteiger partial charge in [-0.1, -0.05) is 24.3 Å². The fourth-order valence-corrected chi connectivity index (χ4v) is 4.45. The SMILES string of the molecule is COc1cccc(CN2C(=O)CSC2c2cccc(OC)c2OC)c1OC. The van der Waals surface area contributed by atoms with Crippen molar-refractivity contribution in [3.8, 4) is 23.0 Å². The average Bonchev–Trinajstić information content (AvgIpc) is 3.07. The molecular weight excluding hydrogens is 366 g/mol. The van der Waals surface area contributed by atoms with Gasteiger partial charge in [-0.15, -0.1) is 11.8 Å². The Bertz CT molecular complexity index is 826. The van der Waals surface area contributed by atoms with E-state index < -0.39 is 0 Å². The number of amides is 1. The van der Waals surface area contributed by atoms with Crippen LogP contribution in [0.15, 0.2) is 36.4 Å². The molecule has 1 saturated heterocycles.